The normalized spacial score (nSPS) is 11.6. The first-order valence-corrected chi connectivity index (χ1v) is 14.6. The van der Waals surface area contributed by atoms with E-state index in [0.29, 0.717) is 0 Å². The molecule has 3 heterocycles. The maximum absolute atomic E-state index is 4.39. The summed E-state index contributed by atoms with van der Waals surface area (Å²) in [5.41, 5.74) is 5.91. The van der Waals surface area contributed by atoms with Crippen molar-refractivity contribution in [3.63, 3.8) is 0 Å². The Labute approximate surface area is 234 Å². The van der Waals surface area contributed by atoms with Gasteiger partial charge in [0, 0.05) is 54.7 Å². The number of anilines is 3. The first-order valence-electron chi connectivity index (χ1n) is 13.0. The molecular formula is C35H22N2S2. The van der Waals surface area contributed by atoms with Crippen LogP contribution in [-0.4, -0.2) is 4.98 Å². The number of aromatic nitrogens is 1. The minimum Gasteiger partial charge on any atom is -0.309 e. The number of nitrogens with zero attached hydrogens (tertiary/aromatic N) is 2. The first kappa shape index (κ1) is 22.5. The van der Waals surface area contributed by atoms with Crippen molar-refractivity contribution in [1.29, 1.82) is 0 Å². The Bertz CT molecular complexity index is 2120. The fourth-order valence-corrected chi connectivity index (χ4v) is 7.79. The third-order valence-corrected chi connectivity index (χ3v) is 9.70. The molecule has 0 amide bonds. The second-order valence-electron chi connectivity index (χ2n) is 9.65. The number of pyridine rings is 1. The second-order valence-corrected chi connectivity index (χ2v) is 11.8. The summed E-state index contributed by atoms with van der Waals surface area (Å²) >= 11 is 3.67. The fourth-order valence-electron chi connectivity index (χ4n) is 5.53. The van der Waals surface area contributed by atoms with Gasteiger partial charge in [-0.15, -0.1) is 22.7 Å². The van der Waals surface area contributed by atoms with Gasteiger partial charge in [0.1, 0.15) is 0 Å². The van der Waals surface area contributed by atoms with Gasteiger partial charge in [-0.1, -0.05) is 72.8 Å². The van der Waals surface area contributed by atoms with E-state index in [1.54, 1.807) is 0 Å². The van der Waals surface area contributed by atoms with E-state index in [4.69, 9.17) is 0 Å². The SMILES string of the molecule is c1ccc(-c2ccc(N(c3ccc4sc5ccccc5c4c3)c3cccc4c3sc3cnccc34)cc2)cc1. The van der Waals surface area contributed by atoms with Gasteiger partial charge in [0.05, 0.1) is 15.1 Å². The van der Waals surface area contributed by atoms with Crippen molar-refractivity contribution in [2.24, 2.45) is 0 Å². The van der Waals surface area contributed by atoms with Crippen molar-refractivity contribution < 1.29 is 0 Å². The summed E-state index contributed by atoms with van der Waals surface area (Å²) in [6.07, 6.45) is 3.86. The number of hydrogen-bond donors (Lipinski definition) is 0. The van der Waals surface area contributed by atoms with Crippen LogP contribution in [0.1, 0.15) is 0 Å². The largest absolute Gasteiger partial charge is 0.309 e. The summed E-state index contributed by atoms with van der Waals surface area (Å²) in [5, 5.41) is 5.13. The highest BCUT2D eigenvalue weighted by Crippen LogP contribution is 2.46. The number of benzene rings is 5. The molecule has 184 valence electrons. The van der Waals surface area contributed by atoms with Gasteiger partial charge >= 0.3 is 0 Å². The smallest absolute Gasteiger partial charge is 0.0640 e. The van der Waals surface area contributed by atoms with Crippen molar-refractivity contribution >= 4 is 80.1 Å². The molecule has 0 aliphatic carbocycles. The molecule has 0 spiro atoms. The lowest BCUT2D eigenvalue weighted by molar-refractivity contribution is 1.31. The minimum atomic E-state index is 1.14. The van der Waals surface area contributed by atoms with Gasteiger partial charge in [0.25, 0.3) is 0 Å². The molecule has 8 aromatic rings. The summed E-state index contributed by atoms with van der Waals surface area (Å²) in [7, 11) is 0. The standard InChI is InChI=1S/C35H22N2S2/c1-2-7-23(8-3-1)24-13-15-25(16-14-24)37(26-17-18-33-30(21-26)27-9-4-5-12-32(27)38-33)31-11-6-10-29-28-19-20-36-22-34(28)39-35(29)31/h1-22H. The lowest BCUT2D eigenvalue weighted by Gasteiger charge is -2.26. The summed E-state index contributed by atoms with van der Waals surface area (Å²) in [5.74, 6) is 0. The van der Waals surface area contributed by atoms with E-state index in [1.807, 2.05) is 35.1 Å². The number of rotatable bonds is 4. The molecule has 0 fully saturated rings. The van der Waals surface area contributed by atoms with E-state index < -0.39 is 0 Å². The van der Waals surface area contributed by atoms with Gasteiger partial charge in [0.15, 0.2) is 0 Å². The van der Waals surface area contributed by atoms with Crippen LogP contribution in [0.2, 0.25) is 0 Å². The molecule has 0 radical (unpaired) electrons. The molecular weight excluding hydrogens is 513 g/mol. The van der Waals surface area contributed by atoms with Gasteiger partial charge in [-0.3, -0.25) is 4.98 Å². The van der Waals surface area contributed by atoms with Crippen LogP contribution in [0.15, 0.2) is 134 Å². The molecule has 0 saturated heterocycles. The molecule has 0 saturated carbocycles. The lowest BCUT2D eigenvalue weighted by atomic mass is 10.0. The van der Waals surface area contributed by atoms with E-state index >= 15 is 0 Å². The van der Waals surface area contributed by atoms with E-state index in [1.165, 1.54) is 57.2 Å². The molecule has 0 bridgehead atoms. The summed E-state index contributed by atoms with van der Waals surface area (Å²) in [6.45, 7) is 0. The van der Waals surface area contributed by atoms with Gasteiger partial charge < -0.3 is 4.90 Å². The summed E-state index contributed by atoms with van der Waals surface area (Å²) in [4.78, 5) is 6.80. The molecule has 4 heteroatoms. The molecule has 0 aliphatic rings. The number of hydrogen-bond acceptors (Lipinski definition) is 4. The van der Waals surface area contributed by atoms with E-state index in [9.17, 15) is 0 Å². The topological polar surface area (TPSA) is 16.1 Å². The first-order chi connectivity index (χ1) is 19.3. The van der Waals surface area contributed by atoms with E-state index in [2.05, 4.69) is 131 Å². The van der Waals surface area contributed by atoms with Crippen LogP contribution >= 0.6 is 22.7 Å². The number of fused-ring (bicyclic) bond motifs is 6. The third-order valence-electron chi connectivity index (χ3n) is 7.37. The molecule has 39 heavy (non-hydrogen) atoms. The monoisotopic (exact) mass is 534 g/mol. The zero-order valence-electron chi connectivity index (χ0n) is 20.9. The molecule has 0 aliphatic heterocycles. The zero-order valence-corrected chi connectivity index (χ0v) is 22.5. The minimum absolute atomic E-state index is 1.14. The van der Waals surface area contributed by atoms with Gasteiger partial charge in [-0.2, -0.15) is 0 Å². The highest BCUT2D eigenvalue weighted by molar-refractivity contribution is 7.26. The Balaban J connectivity index is 1.37. The van der Waals surface area contributed by atoms with Crippen LogP contribution in [0.25, 0.3) is 51.5 Å². The zero-order chi connectivity index (χ0) is 25.8. The van der Waals surface area contributed by atoms with Crippen LogP contribution in [0.5, 0.6) is 0 Å². The van der Waals surface area contributed by atoms with Crippen molar-refractivity contribution in [2.45, 2.75) is 0 Å². The Morgan fingerprint density at radius 1 is 0.487 bits per heavy atom. The average molecular weight is 535 g/mol. The van der Waals surface area contributed by atoms with E-state index in [0.717, 1.165) is 11.4 Å². The molecule has 2 nitrogen and oxygen atoms in total. The van der Waals surface area contributed by atoms with Gasteiger partial charge in [0.2, 0.25) is 0 Å². The molecule has 0 atom stereocenters. The van der Waals surface area contributed by atoms with Crippen LogP contribution < -0.4 is 4.90 Å². The Kier molecular flexibility index (Phi) is 5.22. The molecule has 0 N–H and O–H groups in total. The Hall–Kier alpha value is -4.51. The Morgan fingerprint density at radius 2 is 1.21 bits per heavy atom. The van der Waals surface area contributed by atoms with E-state index in [-0.39, 0.29) is 0 Å². The van der Waals surface area contributed by atoms with Crippen LogP contribution in [0, 0.1) is 0 Å². The van der Waals surface area contributed by atoms with Gasteiger partial charge in [-0.25, -0.2) is 0 Å². The maximum atomic E-state index is 4.39. The van der Waals surface area contributed by atoms with Crippen LogP contribution in [0.3, 0.4) is 0 Å². The van der Waals surface area contributed by atoms with Crippen molar-refractivity contribution in [3.05, 3.63) is 134 Å². The number of thiophene rings is 2. The van der Waals surface area contributed by atoms with Gasteiger partial charge in [-0.05, 0) is 59.7 Å². The van der Waals surface area contributed by atoms with Crippen molar-refractivity contribution in [2.75, 3.05) is 4.90 Å². The molecule has 8 rings (SSSR count). The van der Waals surface area contributed by atoms with Crippen molar-refractivity contribution in [3.8, 4) is 11.1 Å². The van der Waals surface area contributed by atoms with Crippen LogP contribution in [-0.2, 0) is 0 Å². The highest BCUT2D eigenvalue weighted by atomic mass is 32.1. The average Bonchev–Trinajstić information content (AvgIpc) is 3.57. The summed E-state index contributed by atoms with van der Waals surface area (Å²) < 4.78 is 5.11. The predicted molar refractivity (Wildman–Crippen MR) is 170 cm³/mol. The second kappa shape index (κ2) is 9.05. The predicted octanol–water partition coefficient (Wildman–Crippen LogP) is 11.0. The maximum Gasteiger partial charge on any atom is 0.0640 e. The third kappa shape index (κ3) is 3.72. The van der Waals surface area contributed by atoms with Crippen LogP contribution in [0.4, 0.5) is 17.1 Å². The fraction of sp³-hybridized carbons (Fsp3) is 0. The highest BCUT2D eigenvalue weighted by Gasteiger charge is 2.19. The summed E-state index contributed by atoms with van der Waals surface area (Å²) in [6, 6.07) is 43.9. The van der Waals surface area contributed by atoms with Crippen molar-refractivity contribution in [1.82, 2.24) is 4.98 Å². The molecule has 3 aromatic heterocycles. The molecule has 5 aromatic carbocycles. The quantitative estimate of drug-likeness (QED) is 0.223. The lowest BCUT2D eigenvalue weighted by Crippen LogP contribution is -2.10. The Morgan fingerprint density at radius 3 is 2.10 bits per heavy atom. The molecule has 0 unspecified atom stereocenters.